The van der Waals surface area contributed by atoms with Crippen LogP contribution in [0.5, 0.6) is 0 Å². The quantitative estimate of drug-likeness (QED) is 0.0169. The predicted octanol–water partition coefficient (Wildman–Crippen LogP) is 21.2. The van der Waals surface area contributed by atoms with E-state index in [-0.39, 0.29) is 25.7 Å². The van der Waals surface area contributed by atoms with Crippen LogP contribution in [-0.4, -0.2) is 96.7 Å². The van der Waals surface area contributed by atoms with Crippen molar-refractivity contribution < 1.29 is 80.2 Å². The molecule has 0 saturated heterocycles. The van der Waals surface area contributed by atoms with Gasteiger partial charge in [-0.25, -0.2) is 9.13 Å². The number of carbonyl (C=O) groups excluding carboxylic acids is 4. The highest BCUT2D eigenvalue weighted by molar-refractivity contribution is 7.47. The maximum absolute atomic E-state index is 13.1. The number of esters is 4. The molecule has 0 heterocycles. The van der Waals surface area contributed by atoms with E-state index in [0.717, 1.165) is 167 Å². The van der Waals surface area contributed by atoms with Crippen LogP contribution in [0.1, 0.15) is 310 Å². The van der Waals surface area contributed by atoms with Crippen LogP contribution in [-0.2, 0) is 65.4 Å². The molecule has 17 nitrogen and oxygen atoms in total. The van der Waals surface area contributed by atoms with Crippen LogP contribution in [0.25, 0.3) is 0 Å². The van der Waals surface area contributed by atoms with E-state index in [9.17, 15) is 43.2 Å². The standard InChI is InChI=1S/C77H134O17P2/c1-5-9-13-17-21-25-29-32-34-35-37-40-43-46-50-54-58-62-75(80)87-67-72(93-76(81)63-59-55-51-47-41-28-24-20-16-12-8-4)69-91-95(83,84)89-65-71(78)66-90-96(85,86)92-70-73(94-77(82)64-60-56-52-48-44-38-31-27-23-19-15-11-7-3)68-88-74(79)61-57-53-49-45-42-39-36-33-30-26-22-18-14-10-6-2/h9-10,13-14,21-22,25-27,31-34,36-37,40,71-73,78H,5-8,11-12,15-20,23-24,28-30,35,38-39,41-70H2,1-4H3,(H,83,84)(H,85,86)/b13-9-,14-10-,25-21-,26-22-,31-27-,34-32-,36-33-,40-37-. The Bertz CT molecular complexity index is 2200. The summed E-state index contributed by atoms with van der Waals surface area (Å²) in [4.78, 5) is 72.7. The Kier molecular flexibility index (Phi) is 66.6. The molecule has 0 aliphatic heterocycles. The number of phosphoric ester groups is 2. The Morgan fingerprint density at radius 1 is 0.302 bits per heavy atom. The lowest BCUT2D eigenvalue weighted by Gasteiger charge is -2.21. The van der Waals surface area contributed by atoms with Crippen molar-refractivity contribution in [2.45, 2.75) is 329 Å². The lowest BCUT2D eigenvalue weighted by atomic mass is 10.1. The van der Waals surface area contributed by atoms with Crippen LogP contribution < -0.4 is 0 Å². The first-order valence-electron chi connectivity index (χ1n) is 37.5. The third-order valence-corrected chi connectivity index (χ3v) is 17.4. The number of phosphoric acid groups is 2. The first-order valence-corrected chi connectivity index (χ1v) is 40.5. The molecule has 5 unspecified atom stereocenters. The number of allylic oxidation sites excluding steroid dienone is 16. The average Bonchev–Trinajstić information content (AvgIpc) is 1.13. The van der Waals surface area contributed by atoms with Crippen molar-refractivity contribution in [1.82, 2.24) is 0 Å². The summed E-state index contributed by atoms with van der Waals surface area (Å²) in [5, 5.41) is 10.6. The Balaban J connectivity index is 5.34. The third kappa shape index (κ3) is 68.5. The van der Waals surface area contributed by atoms with E-state index < -0.39 is 97.5 Å². The third-order valence-electron chi connectivity index (χ3n) is 15.5. The van der Waals surface area contributed by atoms with Crippen molar-refractivity contribution >= 4 is 39.5 Å². The molecular weight excluding hydrogens is 1260 g/mol. The minimum Gasteiger partial charge on any atom is -0.462 e. The summed E-state index contributed by atoms with van der Waals surface area (Å²) in [5.74, 6) is -2.22. The molecule has 0 aliphatic rings. The topological polar surface area (TPSA) is 237 Å². The molecule has 0 aromatic rings. The van der Waals surface area contributed by atoms with Crippen molar-refractivity contribution in [2.24, 2.45) is 0 Å². The van der Waals surface area contributed by atoms with E-state index in [4.69, 9.17) is 37.0 Å². The number of carbonyl (C=O) groups is 4. The van der Waals surface area contributed by atoms with Gasteiger partial charge in [0.25, 0.3) is 0 Å². The molecule has 3 N–H and O–H groups in total. The first kappa shape index (κ1) is 92.0. The zero-order valence-corrected chi connectivity index (χ0v) is 62.1. The van der Waals surface area contributed by atoms with Gasteiger partial charge in [-0.3, -0.25) is 37.3 Å². The van der Waals surface area contributed by atoms with Gasteiger partial charge >= 0.3 is 39.5 Å². The van der Waals surface area contributed by atoms with Crippen LogP contribution in [0.15, 0.2) is 97.2 Å². The van der Waals surface area contributed by atoms with Crippen LogP contribution in [0.4, 0.5) is 0 Å². The molecule has 0 bridgehead atoms. The molecule has 0 aromatic carbocycles. The van der Waals surface area contributed by atoms with Crippen molar-refractivity contribution in [3.63, 3.8) is 0 Å². The van der Waals surface area contributed by atoms with Gasteiger partial charge < -0.3 is 33.8 Å². The van der Waals surface area contributed by atoms with Gasteiger partial charge in [0.2, 0.25) is 0 Å². The monoisotopic (exact) mass is 1390 g/mol. The number of rotatable bonds is 70. The smallest absolute Gasteiger partial charge is 0.462 e. The van der Waals surface area contributed by atoms with E-state index in [1.54, 1.807) is 0 Å². The van der Waals surface area contributed by atoms with E-state index in [2.05, 4.69) is 125 Å². The number of aliphatic hydroxyl groups is 1. The second-order valence-corrected chi connectivity index (χ2v) is 27.7. The van der Waals surface area contributed by atoms with Gasteiger partial charge in [0.05, 0.1) is 26.4 Å². The van der Waals surface area contributed by atoms with Crippen molar-refractivity contribution in [2.75, 3.05) is 39.6 Å². The number of ether oxygens (including phenoxy) is 4. The zero-order valence-electron chi connectivity index (χ0n) is 60.3. The van der Waals surface area contributed by atoms with Crippen LogP contribution in [0.2, 0.25) is 0 Å². The van der Waals surface area contributed by atoms with Crippen LogP contribution >= 0.6 is 15.6 Å². The summed E-state index contributed by atoms with van der Waals surface area (Å²) < 4.78 is 68.4. The van der Waals surface area contributed by atoms with Gasteiger partial charge in [0.15, 0.2) is 12.2 Å². The van der Waals surface area contributed by atoms with Gasteiger partial charge in [-0.15, -0.1) is 0 Å². The Labute approximate surface area is 582 Å². The fourth-order valence-electron chi connectivity index (χ4n) is 9.87. The molecule has 0 aliphatic carbocycles. The minimum atomic E-state index is -4.98. The average molecular weight is 1390 g/mol. The van der Waals surface area contributed by atoms with Crippen molar-refractivity contribution in [3.8, 4) is 0 Å². The summed E-state index contributed by atoms with van der Waals surface area (Å²) in [6, 6.07) is 0. The van der Waals surface area contributed by atoms with Crippen molar-refractivity contribution in [1.29, 1.82) is 0 Å². The van der Waals surface area contributed by atoms with Gasteiger partial charge in [0.1, 0.15) is 19.3 Å². The number of hydrogen-bond acceptors (Lipinski definition) is 15. The predicted molar refractivity (Wildman–Crippen MR) is 390 cm³/mol. The summed E-state index contributed by atoms with van der Waals surface area (Å²) in [5.41, 5.74) is 0. The van der Waals surface area contributed by atoms with Gasteiger partial charge in [-0.05, 0) is 122 Å². The Morgan fingerprint density at radius 3 is 0.854 bits per heavy atom. The maximum Gasteiger partial charge on any atom is 0.472 e. The molecule has 0 fully saturated rings. The summed E-state index contributed by atoms with van der Waals surface area (Å²) in [6.45, 7) is 4.58. The fourth-order valence-corrected chi connectivity index (χ4v) is 11.4. The summed E-state index contributed by atoms with van der Waals surface area (Å²) in [6.07, 6.45) is 71.2. The molecule has 0 aromatic heterocycles. The second-order valence-electron chi connectivity index (χ2n) is 24.8. The molecule has 0 radical (unpaired) electrons. The number of hydrogen-bond donors (Lipinski definition) is 3. The van der Waals surface area contributed by atoms with E-state index >= 15 is 0 Å². The van der Waals surface area contributed by atoms with E-state index in [1.165, 1.54) is 64.2 Å². The first-order chi connectivity index (χ1) is 46.7. The molecule has 19 heteroatoms. The molecule has 0 spiro atoms. The van der Waals surface area contributed by atoms with E-state index in [1.807, 2.05) is 0 Å². The molecule has 0 saturated carbocycles. The lowest BCUT2D eigenvalue weighted by Crippen LogP contribution is -2.30. The highest BCUT2D eigenvalue weighted by Crippen LogP contribution is 2.45. The molecule has 0 rings (SSSR count). The van der Waals surface area contributed by atoms with Gasteiger partial charge in [0, 0.05) is 25.7 Å². The zero-order chi connectivity index (χ0) is 70.4. The fraction of sp³-hybridized carbons (Fsp3) is 0.740. The maximum atomic E-state index is 13.1. The number of unbranched alkanes of at least 4 members (excludes halogenated alkanes) is 28. The molecular formula is C77H134O17P2. The molecule has 554 valence electrons. The highest BCUT2D eigenvalue weighted by atomic mass is 31.2. The van der Waals surface area contributed by atoms with Crippen LogP contribution in [0.3, 0.4) is 0 Å². The lowest BCUT2D eigenvalue weighted by molar-refractivity contribution is -0.161. The van der Waals surface area contributed by atoms with Gasteiger partial charge in [-0.2, -0.15) is 0 Å². The largest absolute Gasteiger partial charge is 0.472 e. The SMILES string of the molecule is CC/C=C\C/C=C\C/C=C\C/C=C\CCCCCCC(=O)OCC(COP(=O)(O)OCC(O)COP(=O)(O)OCC(COC(=O)CCCCCCC/C=C\C/C=C\C/C=C\CC)OC(=O)CCCCCCC/C=C\CCCCCC)OC(=O)CCCCCCCCCCCCC. The number of aliphatic hydroxyl groups excluding tert-OH is 1. The normalized spacial score (nSPS) is 14.5. The Morgan fingerprint density at radius 2 is 0.542 bits per heavy atom. The van der Waals surface area contributed by atoms with Crippen molar-refractivity contribution in [3.05, 3.63) is 97.2 Å². The molecule has 96 heavy (non-hydrogen) atoms. The second kappa shape index (κ2) is 69.5. The summed E-state index contributed by atoms with van der Waals surface area (Å²) in [7, 11) is -9.95. The van der Waals surface area contributed by atoms with Gasteiger partial charge in [-0.1, -0.05) is 260 Å². The van der Waals surface area contributed by atoms with E-state index in [0.29, 0.717) is 25.7 Å². The van der Waals surface area contributed by atoms with Crippen LogP contribution in [0, 0.1) is 0 Å². The molecule has 5 atom stereocenters. The Hall–Kier alpha value is -4.02. The highest BCUT2D eigenvalue weighted by Gasteiger charge is 2.30. The molecule has 0 amide bonds. The summed E-state index contributed by atoms with van der Waals surface area (Å²) >= 11 is 0. The minimum absolute atomic E-state index is 0.0812.